The number of fused-ring (bicyclic) bond motifs is 2. The highest BCUT2D eigenvalue weighted by Crippen LogP contribution is 2.42. The summed E-state index contributed by atoms with van der Waals surface area (Å²) in [6.45, 7) is 4.47. The van der Waals surface area contributed by atoms with Crippen LogP contribution in [0.2, 0.25) is 0 Å². The number of benzene rings is 2. The molecule has 4 nitrogen and oxygen atoms in total. The van der Waals surface area contributed by atoms with E-state index in [1.807, 2.05) is 18.2 Å². The largest absolute Gasteiger partial charge is 0.488 e. The van der Waals surface area contributed by atoms with Crippen molar-refractivity contribution >= 4 is 11.5 Å². The van der Waals surface area contributed by atoms with E-state index in [9.17, 15) is 15.2 Å². The molecule has 138 valence electrons. The molecule has 1 heterocycles. The fourth-order valence-electron chi connectivity index (χ4n) is 3.64. The number of nitrogens with zero attached hydrogens (tertiary/aromatic N) is 1. The number of aryl methyl sites for hydroxylation is 1. The van der Waals surface area contributed by atoms with Crippen molar-refractivity contribution in [2.45, 2.75) is 46.1 Å². The summed E-state index contributed by atoms with van der Waals surface area (Å²) in [4.78, 5) is 11.4. The van der Waals surface area contributed by atoms with Gasteiger partial charge in [0.25, 0.3) is 0 Å². The average molecular weight is 361 g/mol. The SMILES string of the molecule is CCCC(C#N)=C1c2ccc(C(=O)O)cc2COc2cccc(CCC)c21. The first-order valence-electron chi connectivity index (χ1n) is 9.35. The molecule has 0 saturated heterocycles. The molecule has 2 aromatic rings. The molecule has 0 atom stereocenters. The zero-order valence-electron chi connectivity index (χ0n) is 15.7. The van der Waals surface area contributed by atoms with Gasteiger partial charge in [0.05, 0.1) is 11.6 Å². The summed E-state index contributed by atoms with van der Waals surface area (Å²) in [5, 5.41) is 19.2. The van der Waals surface area contributed by atoms with Crippen LogP contribution in [0.5, 0.6) is 5.75 Å². The van der Waals surface area contributed by atoms with Gasteiger partial charge in [-0.15, -0.1) is 0 Å². The van der Waals surface area contributed by atoms with E-state index in [-0.39, 0.29) is 12.2 Å². The fraction of sp³-hybridized carbons (Fsp3) is 0.304. The summed E-state index contributed by atoms with van der Waals surface area (Å²) >= 11 is 0. The second kappa shape index (κ2) is 8.09. The minimum atomic E-state index is -0.967. The molecular weight excluding hydrogens is 338 g/mol. The summed E-state index contributed by atoms with van der Waals surface area (Å²) in [6.07, 6.45) is 3.42. The van der Waals surface area contributed by atoms with Crippen molar-refractivity contribution in [2.24, 2.45) is 0 Å². The number of carbonyl (C=O) groups is 1. The second-order valence-electron chi connectivity index (χ2n) is 6.72. The molecule has 4 heteroatoms. The smallest absolute Gasteiger partial charge is 0.335 e. The van der Waals surface area contributed by atoms with Crippen LogP contribution in [0.3, 0.4) is 0 Å². The maximum Gasteiger partial charge on any atom is 0.335 e. The molecule has 1 aliphatic heterocycles. The van der Waals surface area contributed by atoms with Gasteiger partial charge in [-0.2, -0.15) is 5.26 Å². The lowest BCUT2D eigenvalue weighted by Gasteiger charge is -2.17. The molecule has 1 aliphatic rings. The van der Waals surface area contributed by atoms with E-state index >= 15 is 0 Å². The fourth-order valence-corrected chi connectivity index (χ4v) is 3.64. The number of carboxylic acid groups (broad SMARTS) is 1. The lowest BCUT2D eigenvalue weighted by Crippen LogP contribution is -2.03. The monoisotopic (exact) mass is 361 g/mol. The Labute approximate surface area is 159 Å². The van der Waals surface area contributed by atoms with Gasteiger partial charge in [0.15, 0.2) is 0 Å². The first-order chi connectivity index (χ1) is 13.1. The number of nitriles is 1. The molecular formula is C23H23NO3. The van der Waals surface area contributed by atoms with E-state index in [0.29, 0.717) is 6.42 Å². The Hall–Kier alpha value is -3.06. The summed E-state index contributed by atoms with van der Waals surface area (Å²) in [5.74, 6) is -0.210. The Morgan fingerprint density at radius 1 is 1.22 bits per heavy atom. The highest BCUT2D eigenvalue weighted by molar-refractivity contribution is 5.93. The van der Waals surface area contributed by atoms with Crippen LogP contribution in [0.4, 0.5) is 0 Å². The standard InChI is InChI=1S/C23H23NO3/c1-3-6-15-8-5-9-20-22(15)21(17(13-24)7-4-2)19-11-10-16(23(25)26)12-18(19)14-27-20/h5,8-12H,3-4,6-7,14H2,1-2H3,(H,25,26). The molecule has 0 amide bonds. The highest BCUT2D eigenvalue weighted by Gasteiger charge is 2.25. The Bertz CT molecular complexity index is 951. The van der Waals surface area contributed by atoms with E-state index in [0.717, 1.165) is 58.4 Å². The predicted octanol–water partition coefficient (Wildman–Crippen LogP) is 5.36. The number of hydrogen-bond acceptors (Lipinski definition) is 3. The zero-order valence-corrected chi connectivity index (χ0v) is 15.7. The van der Waals surface area contributed by atoms with Crippen molar-refractivity contribution in [3.8, 4) is 11.8 Å². The molecule has 0 unspecified atom stereocenters. The molecule has 27 heavy (non-hydrogen) atoms. The van der Waals surface area contributed by atoms with Crippen molar-refractivity contribution in [1.82, 2.24) is 0 Å². The van der Waals surface area contributed by atoms with Crippen molar-refractivity contribution in [3.05, 3.63) is 69.8 Å². The van der Waals surface area contributed by atoms with E-state index in [4.69, 9.17) is 4.74 Å². The van der Waals surface area contributed by atoms with Gasteiger partial charge in [0, 0.05) is 16.7 Å². The number of hydrogen-bond donors (Lipinski definition) is 1. The van der Waals surface area contributed by atoms with Crippen LogP contribution in [0.1, 0.15) is 65.7 Å². The molecule has 2 aromatic carbocycles. The Kier molecular flexibility index (Phi) is 5.61. The van der Waals surface area contributed by atoms with Crippen molar-refractivity contribution in [1.29, 1.82) is 5.26 Å². The van der Waals surface area contributed by atoms with Crippen LogP contribution in [0, 0.1) is 11.3 Å². The van der Waals surface area contributed by atoms with E-state index in [1.165, 1.54) is 0 Å². The van der Waals surface area contributed by atoms with Gasteiger partial charge in [0.2, 0.25) is 0 Å². The van der Waals surface area contributed by atoms with Crippen molar-refractivity contribution in [3.63, 3.8) is 0 Å². The lowest BCUT2D eigenvalue weighted by atomic mass is 9.85. The first-order valence-corrected chi connectivity index (χ1v) is 9.35. The van der Waals surface area contributed by atoms with Crippen molar-refractivity contribution in [2.75, 3.05) is 0 Å². The van der Waals surface area contributed by atoms with Crippen LogP contribution in [-0.4, -0.2) is 11.1 Å². The Balaban J connectivity index is 2.35. The number of aromatic carboxylic acids is 1. The van der Waals surface area contributed by atoms with Crippen LogP contribution in [-0.2, 0) is 13.0 Å². The summed E-state index contributed by atoms with van der Waals surface area (Å²) in [7, 11) is 0. The lowest BCUT2D eigenvalue weighted by molar-refractivity contribution is 0.0696. The third kappa shape index (κ3) is 3.59. The quantitative estimate of drug-likeness (QED) is 0.728. The molecule has 0 radical (unpaired) electrons. The topological polar surface area (TPSA) is 70.3 Å². The molecule has 0 aliphatic carbocycles. The van der Waals surface area contributed by atoms with Crippen LogP contribution >= 0.6 is 0 Å². The summed E-state index contributed by atoms with van der Waals surface area (Å²) < 4.78 is 6.06. The maximum absolute atomic E-state index is 11.4. The average Bonchev–Trinajstić information content (AvgIpc) is 2.83. The number of rotatable bonds is 5. The number of allylic oxidation sites excluding steroid dienone is 1. The molecule has 0 bridgehead atoms. The molecule has 0 fully saturated rings. The number of ether oxygens (including phenoxy) is 1. The molecule has 0 saturated carbocycles. The molecule has 0 spiro atoms. The van der Waals surface area contributed by atoms with Crippen LogP contribution in [0.15, 0.2) is 42.0 Å². The van der Waals surface area contributed by atoms with E-state index < -0.39 is 5.97 Å². The van der Waals surface area contributed by atoms with Gasteiger partial charge in [-0.3, -0.25) is 0 Å². The Morgan fingerprint density at radius 2 is 2.04 bits per heavy atom. The van der Waals surface area contributed by atoms with Crippen molar-refractivity contribution < 1.29 is 14.6 Å². The first kappa shape index (κ1) is 18.7. The molecule has 3 rings (SSSR count). The maximum atomic E-state index is 11.4. The van der Waals surface area contributed by atoms with Crippen LogP contribution < -0.4 is 4.74 Å². The normalized spacial score (nSPS) is 14.3. The minimum Gasteiger partial charge on any atom is -0.488 e. The third-order valence-corrected chi connectivity index (χ3v) is 4.82. The number of carboxylic acids is 1. The molecule has 0 aromatic heterocycles. The highest BCUT2D eigenvalue weighted by atomic mass is 16.5. The zero-order chi connectivity index (χ0) is 19.4. The van der Waals surface area contributed by atoms with E-state index in [1.54, 1.807) is 12.1 Å². The third-order valence-electron chi connectivity index (χ3n) is 4.82. The van der Waals surface area contributed by atoms with Gasteiger partial charge in [-0.05, 0) is 47.7 Å². The summed E-state index contributed by atoms with van der Waals surface area (Å²) in [5.41, 5.74) is 5.67. The van der Waals surface area contributed by atoms with Gasteiger partial charge in [-0.1, -0.05) is 44.9 Å². The summed E-state index contributed by atoms with van der Waals surface area (Å²) in [6, 6.07) is 13.5. The van der Waals surface area contributed by atoms with Crippen LogP contribution in [0.25, 0.3) is 5.57 Å². The second-order valence-corrected chi connectivity index (χ2v) is 6.72. The van der Waals surface area contributed by atoms with E-state index in [2.05, 4.69) is 26.0 Å². The van der Waals surface area contributed by atoms with Gasteiger partial charge in [0.1, 0.15) is 12.4 Å². The molecule has 1 N–H and O–H groups in total. The predicted molar refractivity (Wildman–Crippen MR) is 105 cm³/mol. The minimum absolute atomic E-state index is 0.227. The Morgan fingerprint density at radius 3 is 2.70 bits per heavy atom. The van der Waals surface area contributed by atoms with Gasteiger partial charge >= 0.3 is 5.97 Å². The van der Waals surface area contributed by atoms with Gasteiger partial charge < -0.3 is 9.84 Å². The van der Waals surface area contributed by atoms with Gasteiger partial charge in [-0.25, -0.2) is 4.79 Å².